The number of nitrogens with one attached hydrogen (secondary N) is 2. The van der Waals surface area contributed by atoms with Crippen LogP contribution in [0.1, 0.15) is 20.9 Å². The zero-order chi connectivity index (χ0) is 21.8. The van der Waals surface area contributed by atoms with E-state index in [1.807, 2.05) is 30.2 Å². The molecule has 0 saturated carbocycles. The van der Waals surface area contributed by atoms with Gasteiger partial charge in [0.25, 0.3) is 5.91 Å². The lowest BCUT2D eigenvalue weighted by atomic mass is 10.2. The summed E-state index contributed by atoms with van der Waals surface area (Å²) in [7, 11) is 1.50. The second-order valence-corrected chi connectivity index (χ2v) is 8.53. The number of amides is 1. The van der Waals surface area contributed by atoms with Crippen molar-refractivity contribution in [2.75, 3.05) is 43.4 Å². The molecule has 162 valence electrons. The largest absolute Gasteiger partial charge is 0.365 e. The summed E-state index contributed by atoms with van der Waals surface area (Å²) in [6.45, 7) is 5.78. The number of rotatable bonds is 6. The van der Waals surface area contributed by atoms with E-state index in [0.29, 0.717) is 18.8 Å². The number of hydrogen-bond donors (Lipinski definition) is 2. The van der Waals surface area contributed by atoms with Crippen molar-refractivity contribution < 1.29 is 9.18 Å². The van der Waals surface area contributed by atoms with Gasteiger partial charge in [0.2, 0.25) is 5.95 Å². The highest BCUT2D eigenvalue weighted by atomic mass is 32.1. The Morgan fingerprint density at radius 2 is 2.00 bits per heavy atom. The van der Waals surface area contributed by atoms with Crippen LogP contribution in [0.15, 0.2) is 36.7 Å². The van der Waals surface area contributed by atoms with E-state index >= 15 is 0 Å². The van der Waals surface area contributed by atoms with E-state index in [9.17, 15) is 9.18 Å². The summed E-state index contributed by atoms with van der Waals surface area (Å²) in [5.74, 6) is -0.238. The predicted octanol–water partition coefficient (Wildman–Crippen LogP) is 2.81. The lowest BCUT2D eigenvalue weighted by Crippen LogP contribution is -2.46. The summed E-state index contributed by atoms with van der Waals surface area (Å²) >= 11 is 1.59. The SMILES string of the molecule is CNC(=O)c1ccc(N2CCN(Cc3ccnc(Nc4ncc(C)s4)c3)CC2)c(F)n1. The second kappa shape index (κ2) is 9.36. The van der Waals surface area contributed by atoms with E-state index in [1.54, 1.807) is 29.7 Å². The van der Waals surface area contributed by atoms with Gasteiger partial charge in [-0.1, -0.05) is 0 Å². The molecule has 1 aliphatic rings. The topological polar surface area (TPSA) is 86.3 Å². The minimum atomic E-state index is -0.614. The molecular weight excluding hydrogens is 417 g/mol. The standard InChI is InChI=1S/C21H24FN7OS/c1-14-12-25-21(31-14)27-18-11-15(5-6-24-18)13-28-7-9-29(10-8-28)17-4-3-16(20(30)23-2)26-19(17)22/h3-6,11-12H,7-10,13H2,1-2H3,(H,23,30)(H,24,25,27). The normalized spacial score (nSPS) is 14.5. The van der Waals surface area contributed by atoms with Crippen molar-refractivity contribution in [2.45, 2.75) is 13.5 Å². The Bertz CT molecular complexity index is 1070. The Labute approximate surface area is 184 Å². The van der Waals surface area contributed by atoms with Crippen LogP contribution < -0.4 is 15.5 Å². The molecule has 1 saturated heterocycles. The minimum Gasteiger partial charge on any atom is -0.365 e. The Kier molecular flexibility index (Phi) is 6.38. The Hall–Kier alpha value is -3.11. The van der Waals surface area contributed by atoms with Gasteiger partial charge in [0, 0.05) is 57.0 Å². The van der Waals surface area contributed by atoms with E-state index < -0.39 is 11.9 Å². The number of carbonyl (C=O) groups excluding carboxylic acids is 1. The number of thiazole rings is 1. The van der Waals surface area contributed by atoms with E-state index in [0.717, 1.165) is 41.0 Å². The lowest BCUT2D eigenvalue weighted by Gasteiger charge is -2.36. The first-order valence-corrected chi connectivity index (χ1v) is 10.8. The molecule has 4 rings (SSSR count). The summed E-state index contributed by atoms with van der Waals surface area (Å²) in [6, 6.07) is 7.22. The van der Waals surface area contributed by atoms with Gasteiger partial charge in [0.15, 0.2) is 5.13 Å². The van der Waals surface area contributed by atoms with Crippen molar-refractivity contribution in [3.63, 3.8) is 0 Å². The molecule has 0 aromatic carbocycles. The third-order valence-corrected chi connectivity index (χ3v) is 5.92. The van der Waals surface area contributed by atoms with Crippen LogP contribution in [0.2, 0.25) is 0 Å². The Balaban J connectivity index is 1.34. The van der Waals surface area contributed by atoms with Crippen LogP contribution in [0.5, 0.6) is 0 Å². The zero-order valence-corrected chi connectivity index (χ0v) is 18.2. The molecule has 4 heterocycles. The number of aryl methyl sites for hydroxylation is 1. The smallest absolute Gasteiger partial charge is 0.269 e. The molecule has 1 fully saturated rings. The van der Waals surface area contributed by atoms with Gasteiger partial charge < -0.3 is 15.5 Å². The van der Waals surface area contributed by atoms with Crippen LogP contribution in [0.3, 0.4) is 0 Å². The van der Waals surface area contributed by atoms with Gasteiger partial charge >= 0.3 is 0 Å². The quantitative estimate of drug-likeness (QED) is 0.569. The van der Waals surface area contributed by atoms with Gasteiger partial charge in [-0.05, 0) is 36.8 Å². The molecule has 3 aromatic rings. The Morgan fingerprint density at radius 3 is 2.68 bits per heavy atom. The number of halogens is 1. The van der Waals surface area contributed by atoms with Crippen LogP contribution in [-0.4, -0.2) is 59.0 Å². The van der Waals surface area contributed by atoms with E-state index in [-0.39, 0.29) is 5.69 Å². The molecule has 0 radical (unpaired) electrons. The zero-order valence-electron chi connectivity index (χ0n) is 17.4. The molecule has 10 heteroatoms. The van der Waals surface area contributed by atoms with Crippen LogP contribution in [0.25, 0.3) is 0 Å². The predicted molar refractivity (Wildman–Crippen MR) is 119 cm³/mol. The number of pyridine rings is 2. The average molecular weight is 442 g/mol. The van der Waals surface area contributed by atoms with Crippen molar-refractivity contribution in [3.05, 3.63) is 58.7 Å². The van der Waals surface area contributed by atoms with Crippen molar-refractivity contribution in [1.29, 1.82) is 0 Å². The number of carbonyl (C=O) groups is 1. The van der Waals surface area contributed by atoms with Crippen LogP contribution in [-0.2, 0) is 6.54 Å². The molecule has 31 heavy (non-hydrogen) atoms. The Morgan fingerprint density at radius 1 is 1.19 bits per heavy atom. The minimum absolute atomic E-state index is 0.0809. The summed E-state index contributed by atoms with van der Waals surface area (Å²) in [4.78, 5) is 29.6. The fraction of sp³-hybridized carbons (Fsp3) is 0.333. The number of anilines is 3. The van der Waals surface area contributed by atoms with E-state index in [2.05, 4.69) is 30.5 Å². The summed E-state index contributed by atoms with van der Waals surface area (Å²) in [5, 5.41) is 6.53. The fourth-order valence-corrected chi connectivity index (χ4v) is 4.16. The molecule has 1 amide bonds. The molecule has 2 N–H and O–H groups in total. The number of hydrogen-bond acceptors (Lipinski definition) is 8. The highest BCUT2D eigenvalue weighted by Gasteiger charge is 2.21. The van der Waals surface area contributed by atoms with Crippen LogP contribution in [0, 0.1) is 12.9 Å². The molecular formula is C21H24FN7OS. The number of piperazine rings is 1. The first-order chi connectivity index (χ1) is 15.0. The van der Waals surface area contributed by atoms with Crippen molar-refractivity contribution in [3.8, 4) is 0 Å². The molecule has 0 spiro atoms. The first-order valence-electron chi connectivity index (χ1n) is 10.0. The second-order valence-electron chi connectivity index (χ2n) is 7.30. The number of aromatic nitrogens is 3. The maximum absolute atomic E-state index is 14.4. The number of nitrogens with zero attached hydrogens (tertiary/aromatic N) is 5. The van der Waals surface area contributed by atoms with Gasteiger partial charge in [0.1, 0.15) is 11.5 Å². The van der Waals surface area contributed by atoms with Gasteiger partial charge in [-0.15, -0.1) is 11.3 Å². The van der Waals surface area contributed by atoms with Gasteiger partial charge in [-0.3, -0.25) is 9.69 Å². The molecule has 0 bridgehead atoms. The first kappa shape index (κ1) is 21.1. The lowest BCUT2D eigenvalue weighted by molar-refractivity contribution is 0.0957. The van der Waals surface area contributed by atoms with Crippen LogP contribution >= 0.6 is 11.3 Å². The molecule has 0 aliphatic carbocycles. The summed E-state index contributed by atoms with van der Waals surface area (Å²) < 4.78 is 14.4. The third kappa shape index (κ3) is 5.15. The highest BCUT2D eigenvalue weighted by molar-refractivity contribution is 7.15. The monoisotopic (exact) mass is 441 g/mol. The summed E-state index contributed by atoms with van der Waals surface area (Å²) in [6.07, 6.45) is 3.63. The van der Waals surface area contributed by atoms with E-state index in [1.165, 1.54) is 7.05 Å². The average Bonchev–Trinajstić information content (AvgIpc) is 3.18. The maximum Gasteiger partial charge on any atom is 0.269 e. The maximum atomic E-state index is 14.4. The van der Waals surface area contributed by atoms with Crippen molar-refractivity contribution >= 4 is 33.9 Å². The van der Waals surface area contributed by atoms with Crippen molar-refractivity contribution in [2.24, 2.45) is 0 Å². The molecule has 3 aromatic heterocycles. The third-order valence-electron chi connectivity index (χ3n) is 5.09. The summed E-state index contributed by atoms with van der Waals surface area (Å²) in [5.41, 5.74) is 1.67. The fourth-order valence-electron chi connectivity index (χ4n) is 3.49. The van der Waals surface area contributed by atoms with E-state index in [4.69, 9.17) is 0 Å². The molecule has 0 unspecified atom stereocenters. The molecule has 8 nitrogen and oxygen atoms in total. The molecule has 1 aliphatic heterocycles. The van der Waals surface area contributed by atoms with Gasteiger partial charge in [-0.25, -0.2) is 15.0 Å². The van der Waals surface area contributed by atoms with Gasteiger partial charge in [-0.2, -0.15) is 4.39 Å². The van der Waals surface area contributed by atoms with Crippen molar-refractivity contribution in [1.82, 2.24) is 25.2 Å². The van der Waals surface area contributed by atoms with Gasteiger partial charge in [0.05, 0.1) is 5.69 Å². The van der Waals surface area contributed by atoms with Crippen LogP contribution in [0.4, 0.5) is 21.0 Å². The molecule has 0 atom stereocenters. The highest BCUT2D eigenvalue weighted by Crippen LogP contribution is 2.23.